The minimum atomic E-state index is 0.524. The lowest BCUT2D eigenvalue weighted by Crippen LogP contribution is -1.93. The van der Waals surface area contributed by atoms with Crippen molar-refractivity contribution < 1.29 is 4.74 Å². The Labute approximate surface area is 123 Å². The predicted molar refractivity (Wildman–Crippen MR) is 84.5 cm³/mol. The smallest absolute Gasteiger partial charge is 0.230 e. The molecule has 106 valence electrons. The molecule has 0 saturated heterocycles. The molecule has 0 radical (unpaired) electrons. The Balaban J connectivity index is 1.92. The van der Waals surface area contributed by atoms with E-state index in [2.05, 4.69) is 29.0 Å². The van der Waals surface area contributed by atoms with Crippen molar-refractivity contribution in [1.82, 2.24) is 9.97 Å². The number of nitrogen functional groups attached to an aromatic ring is 1. The first-order valence-electron chi connectivity index (χ1n) is 7.03. The van der Waals surface area contributed by atoms with E-state index in [9.17, 15) is 0 Å². The third-order valence-corrected chi connectivity index (χ3v) is 3.30. The van der Waals surface area contributed by atoms with E-state index in [0.29, 0.717) is 11.6 Å². The molecule has 0 amide bonds. The lowest BCUT2D eigenvalue weighted by Gasteiger charge is -2.08. The first-order valence-corrected chi connectivity index (χ1v) is 7.03. The van der Waals surface area contributed by atoms with E-state index in [1.165, 1.54) is 11.9 Å². The van der Waals surface area contributed by atoms with Gasteiger partial charge in [0.15, 0.2) is 0 Å². The number of nitrogens with two attached hydrogens (primary N) is 1. The summed E-state index contributed by atoms with van der Waals surface area (Å²) in [4.78, 5) is 8.43. The Morgan fingerprint density at radius 1 is 1.05 bits per heavy atom. The fourth-order valence-electron chi connectivity index (χ4n) is 2.26. The lowest BCUT2D eigenvalue weighted by atomic mass is 10.1. The van der Waals surface area contributed by atoms with Gasteiger partial charge in [0, 0.05) is 5.69 Å². The average Bonchev–Trinajstić information content (AvgIpc) is 2.50. The normalized spacial score (nSPS) is 10.7. The minimum Gasteiger partial charge on any atom is -0.438 e. The van der Waals surface area contributed by atoms with Gasteiger partial charge in [0.2, 0.25) is 5.88 Å². The highest BCUT2D eigenvalue weighted by atomic mass is 16.5. The molecule has 4 nitrogen and oxygen atoms in total. The van der Waals surface area contributed by atoms with Crippen LogP contribution in [0.25, 0.3) is 10.9 Å². The third kappa shape index (κ3) is 2.94. The van der Waals surface area contributed by atoms with Crippen LogP contribution in [0.2, 0.25) is 0 Å². The highest BCUT2D eigenvalue weighted by Crippen LogP contribution is 2.28. The summed E-state index contributed by atoms with van der Waals surface area (Å²) >= 11 is 0. The molecule has 0 aliphatic heterocycles. The molecule has 1 heterocycles. The highest BCUT2D eigenvalue weighted by Gasteiger charge is 2.06. The van der Waals surface area contributed by atoms with Crippen molar-refractivity contribution in [2.75, 3.05) is 5.73 Å². The minimum absolute atomic E-state index is 0.524. The summed E-state index contributed by atoms with van der Waals surface area (Å²) in [6.07, 6.45) is 3.71. The summed E-state index contributed by atoms with van der Waals surface area (Å²) in [7, 11) is 0. The number of rotatable bonds is 4. The van der Waals surface area contributed by atoms with Crippen LogP contribution in [0.15, 0.2) is 48.8 Å². The van der Waals surface area contributed by atoms with E-state index in [-0.39, 0.29) is 0 Å². The molecule has 2 aromatic carbocycles. The van der Waals surface area contributed by atoms with E-state index < -0.39 is 0 Å². The summed E-state index contributed by atoms with van der Waals surface area (Å²) in [5, 5.41) is 0.815. The average molecular weight is 279 g/mol. The Bertz CT molecular complexity index is 754. The Kier molecular flexibility index (Phi) is 3.69. The van der Waals surface area contributed by atoms with Crippen molar-refractivity contribution in [3.63, 3.8) is 0 Å². The van der Waals surface area contributed by atoms with Crippen LogP contribution in [-0.2, 0) is 6.42 Å². The number of ether oxygens (including phenoxy) is 1. The van der Waals surface area contributed by atoms with Gasteiger partial charge >= 0.3 is 0 Å². The van der Waals surface area contributed by atoms with Gasteiger partial charge in [-0.2, -0.15) is 0 Å². The number of aromatic nitrogens is 2. The van der Waals surface area contributed by atoms with Gasteiger partial charge in [0.05, 0.1) is 10.9 Å². The molecule has 0 aliphatic rings. The van der Waals surface area contributed by atoms with Gasteiger partial charge in [0.1, 0.15) is 12.1 Å². The SMILES string of the molecule is CCCc1ccc(Oc2ncnc3ccc(N)cc23)cc1. The molecule has 0 spiro atoms. The number of nitrogens with zero attached hydrogens (tertiary/aromatic N) is 2. The zero-order valence-corrected chi connectivity index (χ0v) is 11.9. The number of hydrogen-bond donors (Lipinski definition) is 1. The van der Waals surface area contributed by atoms with Crippen LogP contribution in [-0.4, -0.2) is 9.97 Å². The van der Waals surface area contributed by atoms with Crippen molar-refractivity contribution in [3.05, 3.63) is 54.4 Å². The van der Waals surface area contributed by atoms with Crippen LogP contribution in [0.4, 0.5) is 5.69 Å². The van der Waals surface area contributed by atoms with Gasteiger partial charge in [-0.25, -0.2) is 9.97 Å². The quantitative estimate of drug-likeness (QED) is 0.734. The lowest BCUT2D eigenvalue weighted by molar-refractivity contribution is 0.468. The van der Waals surface area contributed by atoms with Gasteiger partial charge in [-0.15, -0.1) is 0 Å². The molecule has 0 saturated carbocycles. The first-order chi connectivity index (χ1) is 10.3. The molecular formula is C17H17N3O. The van der Waals surface area contributed by atoms with Gasteiger partial charge in [0.25, 0.3) is 0 Å². The van der Waals surface area contributed by atoms with E-state index in [0.717, 1.165) is 29.5 Å². The number of aryl methyl sites for hydroxylation is 1. The van der Waals surface area contributed by atoms with Crippen molar-refractivity contribution in [3.8, 4) is 11.6 Å². The van der Waals surface area contributed by atoms with Crippen molar-refractivity contribution in [1.29, 1.82) is 0 Å². The predicted octanol–water partition coefficient (Wildman–Crippen LogP) is 3.96. The van der Waals surface area contributed by atoms with Crippen LogP contribution in [0, 0.1) is 0 Å². The molecule has 0 bridgehead atoms. The summed E-state index contributed by atoms with van der Waals surface area (Å²) in [5.74, 6) is 1.29. The van der Waals surface area contributed by atoms with Gasteiger partial charge in [-0.05, 0) is 42.3 Å². The highest BCUT2D eigenvalue weighted by molar-refractivity contribution is 5.86. The first kappa shape index (κ1) is 13.4. The molecule has 1 aromatic heterocycles. The monoisotopic (exact) mass is 279 g/mol. The fourth-order valence-corrected chi connectivity index (χ4v) is 2.26. The molecule has 4 heteroatoms. The molecule has 3 aromatic rings. The fraction of sp³-hybridized carbons (Fsp3) is 0.176. The zero-order chi connectivity index (χ0) is 14.7. The van der Waals surface area contributed by atoms with Crippen LogP contribution in [0.3, 0.4) is 0 Å². The number of benzene rings is 2. The summed E-state index contributed by atoms with van der Waals surface area (Å²) in [5.41, 5.74) is 8.62. The number of anilines is 1. The van der Waals surface area contributed by atoms with E-state index in [1.54, 1.807) is 0 Å². The zero-order valence-electron chi connectivity index (χ0n) is 11.9. The van der Waals surface area contributed by atoms with E-state index in [4.69, 9.17) is 10.5 Å². The molecular weight excluding hydrogens is 262 g/mol. The summed E-state index contributed by atoms with van der Waals surface area (Å²) in [6.45, 7) is 2.17. The van der Waals surface area contributed by atoms with Crippen molar-refractivity contribution >= 4 is 16.6 Å². The van der Waals surface area contributed by atoms with E-state index in [1.807, 2.05) is 30.3 Å². The van der Waals surface area contributed by atoms with Gasteiger partial charge in [-0.3, -0.25) is 0 Å². The maximum atomic E-state index is 5.87. The van der Waals surface area contributed by atoms with Crippen molar-refractivity contribution in [2.24, 2.45) is 0 Å². The third-order valence-electron chi connectivity index (χ3n) is 3.30. The van der Waals surface area contributed by atoms with Crippen LogP contribution in [0.1, 0.15) is 18.9 Å². The second-order valence-corrected chi connectivity index (χ2v) is 4.95. The van der Waals surface area contributed by atoms with Crippen LogP contribution >= 0.6 is 0 Å². The van der Waals surface area contributed by atoms with Gasteiger partial charge in [-0.1, -0.05) is 25.5 Å². The molecule has 2 N–H and O–H groups in total. The molecule has 0 unspecified atom stereocenters. The maximum Gasteiger partial charge on any atom is 0.230 e. The standard InChI is InChI=1S/C17H17N3O/c1-2-3-12-4-7-14(8-5-12)21-17-15-10-13(18)6-9-16(15)19-11-20-17/h4-11H,2-3,18H2,1H3. The molecule has 0 atom stereocenters. The summed E-state index contributed by atoms with van der Waals surface area (Å²) < 4.78 is 5.87. The van der Waals surface area contributed by atoms with Crippen LogP contribution in [0.5, 0.6) is 11.6 Å². The Hall–Kier alpha value is -2.62. The van der Waals surface area contributed by atoms with Crippen molar-refractivity contribution in [2.45, 2.75) is 19.8 Å². The Morgan fingerprint density at radius 2 is 1.86 bits per heavy atom. The molecule has 0 fully saturated rings. The largest absolute Gasteiger partial charge is 0.438 e. The number of fused-ring (bicyclic) bond motifs is 1. The number of hydrogen-bond acceptors (Lipinski definition) is 4. The maximum absolute atomic E-state index is 5.87. The van der Waals surface area contributed by atoms with E-state index >= 15 is 0 Å². The Morgan fingerprint density at radius 3 is 2.62 bits per heavy atom. The summed E-state index contributed by atoms with van der Waals surface area (Å²) in [6, 6.07) is 13.6. The molecule has 21 heavy (non-hydrogen) atoms. The topological polar surface area (TPSA) is 61.0 Å². The van der Waals surface area contributed by atoms with Gasteiger partial charge < -0.3 is 10.5 Å². The second kappa shape index (κ2) is 5.79. The molecule has 0 aliphatic carbocycles. The second-order valence-electron chi connectivity index (χ2n) is 4.95. The molecule has 3 rings (SSSR count). The van der Waals surface area contributed by atoms with Crippen LogP contribution < -0.4 is 10.5 Å².